The first-order chi connectivity index (χ1) is 13.2. The number of hydrogen-bond donors (Lipinski definition) is 2. The molecule has 140 valence electrons. The van der Waals surface area contributed by atoms with Crippen LogP contribution in [0.2, 0.25) is 0 Å². The number of anilines is 1. The molecule has 4 nitrogen and oxygen atoms in total. The third-order valence-electron chi connectivity index (χ3n) is 5.68. The van der Waals surface area contributed by atoms with Gasteiger partial charge in [-0.3, -0.25) is 9.69 Å². The molecule has 0 bridgehead atoms. The highest BCUT2D eigenvalue weighted by atomic mass is 16.1. The number of rotatable bonds is 6. The summed E-state index contributed by atoms with van der Waals surface area (Å²) in [6.07, 6.45) is 3.97. The number of aromatic nitrogens is 1. The predicted molar refractivity (Wildman–Crippen MR) is 111 cm³/mol. The molecule has 3 aromatic rings. The van der Waals surface area contributed by atoms with Gasteiger partial charge in [0.2, 0.25) is 0 Å². The average molecular weight is 361 g/mol. The van der Waals surface area contributed by atoms with Crippen molar-refractivity contribution in [2.75, 3.05) is 18.8 Å². The minimum atomic E-state index is 0.205. The number of piperidine rings is 1. The Morgan fingerprint density at radius 1 is 1.07 bits per heavy atom. The van der Waals surface area contributed by atoms with Crippen molar-refractivity contribution in [1.29, 1.82) is 0 Å². The molecule has 1 aliphatic rings. The molecule has 1 aromatic heterocycles. The number of carbonyl (C=O) groups is 1. The fourth-order valence-corrected chi connectivity index (χ4v) is 4.05. The lowest BCUT2D eigenvalue weighted by Crippen LogP contribution is -2.33. The van der Waals surface area contributed by atoms with Gasteiger partial charge in [-0.2, -0.15) is 0 Å². The van der Waals surface area contributed by atoms with Crippen LogP contribution >= 0.6 is 0 Å². The first kappa shape index (κ1) is 17.8. The largest absolute Gasteiger partial charge is 0.399 e. The summed E-state index contributed by atoms with van der Waals surface area (Å²) in [5.74, 6) is 0.859. The van der Waals surface area contributed by atoms with Crippen LogP contribution in [0.4, 0.5) is 5.69 Å². The average Bonchev–Trinajstić information content (AvgIpc) is 3.11. The Kier molecular flexibility index (Phi) is 5.26. The number of nitrogens with one attached hydrogen (secondary N) is 1. The summed E-state index contributed by atoms with van der Waals surface area (Å²) >= 11 is 0. The van der Waals surface area contributed by atoms with Crippen molar-refractivity contribution in [3.8, 4) is 0 Å². The zero-order valence-electron chi connectivity index (χ0n) is 15.7. The number of nitrogen functional groups attached to an aromatic ring is 1. The number of nitrogens with two attached hydrogens (primary N) is 1. The summed E-state index contributed by atoms with van der Waals surface area (Å²) in [4.78, 5) is 18.3. The number of fused-ring (bicyclic) bond motifs is 1. The van der Waals surface area contributed by atoms with Crippen LogP contribution < -0.4 is 5.73 Å². The zero-order valence-corrected chi connectivity index (χ0v) is 15.7. The predicted octanol–water partition coefficient (Wildman–Crippen LogP) is 4.63. The van der Waals surface area contributed by atoms with Gasteiger partial charge in [-0.25, -0.2) is 0 Å². The van der Waals surface area contributed by atoms with Gasteiger partial charge in [-0.15, -0.1) is 0 Å². The second-order valence-electron chi connectivity index (χ2n) is 7.70. The second-order valence-corrected chi connectivity index (χ2v) is 7.70. The number of likely N-dealkylation sites (tertiary alicyclic amines) is 1. The molecule has 27 heavy (non-hydrogen) atoms. The van der Waals surface area contributed by atoms with Crippen LogP contribution in [-0.2, 0) is 6.54 Å². The summed E-state index contributed by atoms with van der Waals surface area (Å²) in [6.45, 7) is 3.28. The van der Waals surface area contributed by atoms with E-state index in [1.165, 1.54) is 18.4 Å². The number of ketones is 1. The molecule has 1 fully saturated rings. The molecule has 0 spiro atoms. The normalized spacial score (nSPS) is 16.0. The number of Topliss-reactive ketones (excluding diaryl/α,β-unsaturated/α-hetero) is 1. The SMILES string of the molecule is Nc1ccc2[nH]c(C(=O)CCC3CCN(Cc4ccccc4)CC3)cc2c1. The van der Waals surface area contributed by atoms with Crippen molar-refractivity contribution < 1.29 is 4.79 Å². The van der Waals surface area contributed by atoms with Gasteiger partial charge in [0, 0.05) is 29.6 Å². The van der Waals surface area contributed by atoms with Gasteiger partial charge in [0.1, 0.15) is 0 Å². The molecule has 2 heterocycles. The molecule has 4 rings (SSSR count). The molecule has 1 saturated heterocycles. The van der Waals surface area contributed by atoms with E-state index in [0.717, 1.165) is 42.6 Å². The minimum Gasteiger partial charge on any atom is -0.399 e. The van der Waals surface area contributed by atoms with Crippen molar-refractivity contribution in [2.45, 2.75) is 32.2 Å². The number of carbonyl (C=O) groups excluding carboxylic acids is 1. The van der Waals surface area contributed by atoms with E-state index in [1.807, 2.05) is 24.3 Å². The van der Waals surface area contributed by atoms with E-state index in [2.05, 4.69) is 40.2 Å². The maximum Gasteiger partial charge on any atom is 0.179 e. The Morgan fingerprint density at radius 2 is 1.85 bits per heavy atom. The smallest absolute Gasteiger partial charge is 0.179 e. The molecule has 0 amide bonds. The molecule has 0 unspecified atom stereocenters. The van der Waals surface area contributed by atoms with E-state index in [1.54, 1.807) is 0 Å². The van der Waals surface area contributed by atoms with Gasteiger partial charge in [0.15, 0.2) is 5.78 Å². The molecule has 0 saturated carbocycles. The number of nitrogens with zero attached hydrogens (tertiary/aromatic N) is 1. The standard InChI is InChI=1S/C23H27N3O/c24-20-7-8-21-19(14-20)15-22(25-21)23(27)9-6-17-10-12-26(13-11-17)16-18-4-2-1-3-5-18/h1-5,7-8,14-15,17,25H,6,9-13,16,24H2. The molecular formula is C23H27N3O. The van der Waals surface area contributed by atoms with Gasteiger partial charge >= 0.3 is 0 Å². The molecule has 3 N–H and O–H groups in total. The van der Waals surface area contributed by atoms with Crippen LogP contribution in [0.1, 0.15) is 41.7 Å². The van der Waals surface area contributed by atoms with Crippen LogP contribution in [0.25, 0.3) is 10.9 Å². The third-order valence-corrected chi connectivity index (χ3v) is 5.68. The van der Waals surface area contributed by atoms with E-state index < -0.39 is 0 Å². The zero-order chi connectivity index (χ0) is 18.6. The monoisotopic (exact) mass is 361 g/mol. The summed E-state index contributed by atoms with van der Waals surface area (Å²) in [7, 11) is 0. The quantitative estimate of drug-likeness (QED) is 0.497. The molecule has 2 aromatic carbocycles. The maximum absolute atomic E-state index is 12.6. The molecule has 0 radical (unpaired) electrons. The van der Waals surface area contributed by atoms with Crippen molar-refractivity contribution in [1.82, 2.24) is 9.88 Å². The van der Waals surface area contributed by atoms with Gasteiger partial charge in [-0.1, -0.05) is 30.3 Å². The van der Waals surface area contributed by atoms with E-state index in [9.17, 15) is 4.79 Å². The van der Waals surface area contributed by atoms with E-state index in [-0.39, 0.29) is 5.78 Å². The highest BCUT2D eigenvalue weighted by Gasteiger charge is 2.20. The molecule has 4 heteroatoms. The summed E-state index contributed by atoms with van der Waals surface area (Å²) in [5.41, 5.74) is 9.61. The first-order valence-corrected chi connectivity index (χ1v) is 9.85. The Balaban J connectivity index is 1.26. The molecular weight excluding hydrogens is 334 g/mol. The Hall–Kier alpha value is -2.59. The highest BCUT2D eigenvalue weighted by Crippen LogP contribution is 2.25. The maximum atomic E-state index is 12.6. The van der Waals surface area contributed by atoms with Gasteiger partial charge < -0.3 is 10.7 Å². The Morgan fingerprint density at radius 3 is 2.63 bits per heavy atom. The summed E-state index contributed by atoms with van der Waals surface area (Å²) < 4.78 is 0. The second kappa shape index (κ2) is 7.97. The van der Waals surface area contributed by atoms with Gasteiger partial charge in [0.05, 0.1) is 5.69 Å². The lowest BCUT2D eigenvalue weighted by Gasteiger charge is -2.31. The third kappa shape index (κ3) is 4.40. The minimum absolute atomic E-state index is 0.205. The van der Waals surface area contributed by atoms with Crippen LogP contribution in [-0.4, -0.2) is 28.8 Å². The Bertz CT molecular complexity index is 908. The van der Waals surface area contributed by atoms with Crippen molar-refractivity contribution in [2.24, 2.45) is 5.92 Å². The highest BCUT2D eigenvalue weighted by molar-refractivity contribution is 5.99. The molecule has 1 aliphatic heterocycles. The van der Waals surface area contributed by atoms with E-state index in [0.29, 0.717) is 18.0 Å². The number of hydrogen-bond acceptors (Lipinski definition) is 3. The number of aromatic amines is 1. The fraction of sp³-hybridized carbons (Fsp3) is 0.348. The van der Waals surface area contributed by atoms with Crippen molar-refractivity contribution in [3.63, 3.8) is 0 Å². The number of H-pyrrole nitrogens is 1. The summed E-state index contributed by atoms with van der Waals surface area (Å²) in [6, 6.07) is 18.3. The topological polar surface area (TPSA) is 62.1 Å². The van der Waals surface area contributed by atoms with E-state index >= 15 is 0 Å². The Labute approximate surface area is 160 Å². The first-order valence-electron chi connectivity index (χ1n) is 9.85. The van der Waals surface area contributed by atoms with Crippen LogP contribution in [0.5, 0.6) is 0 Å². The van der Waals surface area contributed by atoms with Crippen LogP contribution in [0.15, 0.2) is 54.6 Å². The lowest BCUT2D eigenvalue weighted by molar-refractivity contribution is 0.0957. The number of benzene rings is 2. The van der Waals surface area contributed by atoms with E-state index in [4.69, 9.17) is 5.73 Å². The summed E-state index contributed by atoms with van der Waals surface area (Å²) in [5, 5.41) is 1.01. The molecule has 0 aliphatic carbocycles. The molecule has 0 atom stereocenters. The van der Waals surface area contributed by atoms with Crippen LogP contribution in [0, 0.1) is 5.92 Å². The van der Waals surface area contributed by atoms with Crippen molar-refractivity contribution in [3.05, 3.63) is 65.9 Å². The van der Waals surface area contributed by atoms with Crippen molar-refractivity contribution >= 4 is 22.4 Å². The van der Waals surface area contributed by atoms with Crippen LogP contribution in [0.3, 0.4) is 0 Å². The fourth-order valence-electron chi connectivity index (χ4n) is 4.05. The lowest BCUT2D eigenvalue weighted by atomic mass is 9.91. The van der Waals surface area contributed by atoms with Gasteiger partial charge in [-0.05, 0) is 68.1 Å². The van der Waals surface area contributed by atoms with Gasteiger partial charge in [0.25, 0.3) is 0 Å².